The molecule has 0 unspecified atom stereocenters. The lowest BCUT2D eigenvalue weighted by Crippen LogP contribution is -2.23. The average molecular weight is 334 g/mol. The van der Waals surface area contributed by atoms with Crippen LogP contribution in [0.15, 0.2) is 60.8 Å². The van der Waals surface area contributed by atoms with Gasteiger partial charge in [-0.25, -0.2) is 4.68 Å². The van der Waals surface area contributed by atoms with Gasteiger partial charge in [-0.15, -0.1) is 5.10 Å². The van der Waals surface area contributed by atoms with E-state index in [1.807, 2.05) is 16.9 Å². The Labute approximate surface area is 147 Å². The molecule has 5 heteroatoms. The van der Waals surface area contributed by atoms with Gasteiger partial charge in [-0.2, -0.15) is 0 Å². The number of hydrogen-bond donors (Lipinski definition) is 0. The molecule has 25 heavy (non-hydrogen) atoms. The van der Waals surface area contributed by atoms with Crippen molar-refractivity contribution in [2.24, 2.45) is 0 Å². The molecule has 0 spiro atoms. The van der Waals surface area contributed by atoms with E-state index >= 15 is 0 Å². The molecular formula is C20H22N4O. The van der Waals surface area contributed by atoms with Crippen molar-refractivity contribution in [2.75, 3.05) is 13.2 Å². The van der Waals surface area contributed by atoms with Crippen LogP contribution in [0.2, 0.25) is 0 Å². The van der Waals surface area contributed by atoms with Crippen molar-refractivity contribution in [3.63, 3.8) is 0 Å². The van der Waals surface area contributed by atoms with Crippen LogP contribution in [0, 0.1) is 6.92 Å². The number of rotatable bonds is 5. The SMILES string of the molecule is Cc1ccccc1Cn1cc([C@@H]2OCCN2Cc2ccccc2)nn1. The quantitative estimate of drug-likeness (QED) is 0.719. The Kier molecular flexibility index (Phi) is 4.59. The van der Waals surface area contributed by atoms with Crippen LogP contribution < -0.4 is 0 Å². The summed E-state index contributed by atoms with van der Waals surface area (Å²) in [4.78, 5) is 2.30. The molecule has 0 amide bonds. The van der Waals surface area contributed by atoms with Gasteiger partial charge >= 0.3 is 0 Å². The van der Waals surface area contributed by atoms with Crippen LogP contribution in [0.1, 0.15) is 28.6 Å². The van der Waals surface area contributed by atoms with Gasteiger partial charge in [0.05, 0.1) is 19.3 Å². The molecule has 128 valence electrons. The van der Waals surface area contributed by atoms with E-state index in [1.165, 1.54) is 16.7 Å². The van der Waals surface area contributed by atoms with Crippen molar-refractivity contribution >= 4 is 0 Å². The van der Waals surface area contributed by atoms with Gasteiger partial charge in [0.2, 0.25) is 0 Å². The largest absolute Gasteiger partial charge is 0.356 e. The fraction of sp³-hybridized carbons (Fsp3) is 0.300. The molecule has 4 rings (SSSR count). The molecule has 0 bridgehead atoms. The number of ether oxygens (including phenoxy) is 1. The lowest BCUT2D eigenvalue weighted by Gasteiger charge is -2.20. The van der Waals surface area contributed by atoms with E-state index in [1.54, 1.807) is 0 Å². The highest BCUT2D eigenvalue weighted by molar-refractivity contribution is 5.25. The third-order valence-electron chi connectivity index (χ3n) is 4.62. The summed E-state index contributed by atoms with van der Waals surface area (Å²) in [5.41, 5.74) is 4.68. The van der Waals surface area contributed by atoms with Gasteiger partial charge in [0.1, 0.15) is 5.69 Å². The number of nitrogens with zero attached hydrogens (tertiary/aromatic N) is 4. The second-order valence-corrected chi connectivity index (χ2v) is 6.45. The minimum Gasteiger partial charge on any atom is -0.356 e. The van der Waals surface area contributed by atoms with E-state index in [-0.39, 0.29) is 6.23 Å². The number of hydrogen-bond acceptors (Lipinski definition) is 4. The van der Waals surface area contributed by atoms with Crippen LogP contribution in [-0.4, -0.2) is 33.0 Å². The number of aryl methyl sites for hydroxylation is 1. The predicted octanol–water partition coefficient (Wildman–Crippen LogP) is 3.17. The fourth-order valence-electron chi connectivity index (χ4n) is 3.22. The Hall–Kier alpha value is -2.50. The predicted molar refractivity (Wildman–Crippen MR) is 95.8 cm³/mol. The average Bonchev–Trinajstić information content (AvgIpc) is 3.27. The second-order valence-electron chi connectivity index (χ2n) is 6.45. The van der Waals surface area contributed by atoms with Gasteiger partial charge in [-0.1, -0.05) is 59.8 Å². The minimum atomic E-state index is -0.120. The summed E-state index contributed by atoms with van der Waals surface area (Å²) in [6.45, 7) is 5.34. The summed E-state index contributed by atoms with van der Waals surface area (Å²) < 4.78 is 7.81. The first-order chi connectivity index (χ1) is 12.3. The molecule has 0 radical (unpaired) electrons. The minimum absolute atomic E-state index is 0.120. The first-order valence-corrected chi connectivity index (χ1v) is 8.64. The number of aromatic nitrogens is 3. The summed E-state index contributed by atoms with van der Waals surface area (Å²) in [5.74, 6) is 0. The summed E-state index contributed by atoms with van der Waals surface area (Å²) in [6.07, 6.45) is 1.88. The molecule has 0 aliphatic carbocycles. The smallest absolute Gasteiger partial charge is 0.157 e. The van der Waals surface area contributed by atoms with Gasteiger partial charge < -0.3 is 4.74 Å². The summed E-state index contributed by atoms with van der Waals surface area (Å²) in [5, 5.41) is 8.66. The Morgan fingerprint density at radius 2 is 1.84 bits per heavy atom. The summed E-state index contributed by atoms with van der Waals surface area (Å²) in [6, 6.07) is 18.8. The van der Waals surface area contributed by atoms with Crippen molar-refractivity contribution in [3.8, 4) is 0 Å². The molecule has 1 aromatic heterocycles. The van der Waals surface area contributed by atoms with Crippen LogP contribution in [0.5, 0.6) is 0 Å². The standard InChI is InChI=1S/C20H22N4O/c1-16-7-5-6-10-18(16)14-24-15-19(21-22-24)20-23(11-12-25-20)13-17-8-3-2-4-9-17/h2-10,15,20H,11-14H2,1H3/t20-/m0/s1. The molecule has 1 saturated heterocycles. The summed E-state index contributed by atoms with van der Waals surface area (Å²) >= 11 is 0. The first-order valence-electron chi connectivity index (χ1n) is 8.64. The molecule has 2 aromatic carbocycles. The molecule has 0 saturated carbocycles. The molecule has 3 aromatic rings. The molecule has 0 N–H and O–H groups in total. The van der Waals surface area contributed by atoms with E-state index in [4.69, 9.17) is 4.74 Å². The lowest BCUT2D eigenvalue weighted by atomic mass is 10.1. The van der Waals surface area contributed by atoms with Crippen molar-refractivity contribution in [2.45, 2.75) is 26.2 Å². The Morgan fingerprint density at radius 3 is 2.68 bits per heavy atom. The zero-order valence-electron chi connectivity index (χ0n) is 14.4. The maximum absolute atomic E-state index is 5.92. The van der Waals surface area contributed by atoms with Gasteiger partial charge in [-0.3, -0.25) is 4.90 Å². The van der Waals surface area contributed by atoms with E-state index in [2.05, 4.69) is 70.7 Å². The number of benzene rings is 2. The van der Waals surface area contributed by atoms with Crippen LogP contribution in [0.3, 0.4) is 0 Å². The summed E-state index contributed by atoms with van der Waals surface area (Å²) in [7, 11) is 0. The molecule has 1 atom stereocenters. The van der Waals surface area contributed by atoms with Gasteiger partial charge in [-0.05, 0) is 23.6 Å². The van der Waals surface area contributed by atoms with Crippen LogP contribution in [0.25, 0.3) is 0 Å². The molecule has 2 heterocycles. The topological polar surface area (TPSA) is 43.2 Å². The van der Waals surface area contributed by atoms with Crippen LogP contribution in [-0.2, 0) is 17.8 Å². The monoisotopic (exact) mass is 334 g/mol. The molecule has 1 aliphatic heterocycles. The van der Waals surface area contributed by atoms with E-state index in [0.29, 0.717) is 0 Å². The maximum Gasteiger partial charge on any atom is 0.157 e. The molecular weight excluding hydrogens is 312 g/mol. The zero-order valence-corrected chi connectivity index (χ0v) is 14.4. The Bertz CT molecular complexity index is 830. The maximum atomic E-state index is 5.92. The van der Waals surface area contributed by atoms with E-state index < -0.39 is 0 Å². The van der Waals surface area contributed by atoms with Crippen LogP contribution >= 0.6 is 0 Å². The highest BCUT2D eigenvalue weighted by atomic mass is 16.5. The Balaban J connectivity index is 1.48. The van der Waals surface area contributed by atoms with E-state index in [9.17, 15) is 0 Å². The highest BCUT2D eigenvalue weighted by Gasteiger charge is 2.29. The molecule has 1 fully saturated rings. The zero-order chi connectivity index (χ0) is 17.1. The van der Waals surface area contributed by atoms with Crippen molar-refractivity contribution in [1.82, 2.24) is 19.9 Å². The van der Waals surface area contributed by atoms with Gasteiger partial charge in [0.25, 0.3) is 0 Å². The van der Waals surface area contributed by atoms with Crippen molar-refractivity contribution < 1.29 is 4.74 Å². The Morgan fingerprint density at radius 1 is 1.04 bits per heavy atom. The van der Waals surface area contributed by atoms with E-state index in [0.717, 1.165) is 31.9 Å². The molecule has 5 nitrogen and oxygen atoms in total. The highest BCUT2D eigenvalue weighted by Crippen LogP contribution is 2.27. The van der Waals surface area contributed by atoms with Crippen molar-refractivity contribution in [1.29, 1.82) is 0 Å². The fourth-order valence-corrected chi connectivity index (χ4v) is 3.22. The normalized spacial score (nSPS) is 17.9. The second kappa shape index (κ2) is 7.17. The lowest BCUT2D eigenvalue weighted by molar-refractivity contribution is 0.0252. The van der Waals surface area contributed by atoms with Gasteiger partial charge in [0, 0.05) is 13.1 Å². The molecule has 1 aliphatic rings. The third-order valence-corrected chi connectivity index (χ3v) is 4.62. The van der Waals surface area contributed by atoms with Gasteiger partial charge in [0.15, 0.2) is 6.23 Å². The van der Waals surface area contributed by atoms with Crippen molar-refractivity contribution in [3.05, 3.63) is 83.2 Å². The van der Waals surface area contributed by atoms with Crippen LogP contribution in [0.4, 0.5) is 0 Å². The third kappa shape index (κ3) is 3.62. The first kappa shape index (κ1) is 16.0.